The number of rotatable bonds is 6. The number of hydrogen-bond donors (Lipinski definition) is 2. The van der Waals surface area contributed by atoms with Crippen LogP contribution in [0.1, 0.15) is 43.2 Å². The Morgan fingerprint density at radius 3 is 2.52 bits per heavy atom. The third-order valence-corrected chi connectivity index (χ3v) is 6.02. The van der Waals surface area contributed by atoms with Gasteiger partial charge in [0.2, 0.25) is 5.91 Å². The molecule has 2 aromatic carbocycles. The molecular formula is C23H29ClN2O3. The van der Waals surface area contributed by atoms with E-state index >= 15 is 0 Å². The van der Waals surface area contributed by atoms with Gasteiger partial charge in [-0.05, 0) is 48.6 Å². The minimum atomic E-state index is -0.0166. The summed E-state index contributed by atoms with van der Waals surface area (Å²) >= 11 is 0. The quantitative estimate of drug-likeness (QED) is 0.697. The van der Waals surface area contributed by atoms with Crippen LogP contribution >= 0.6 is 12.4 Å². The average molecular weight is 417 g/mol. The van der Waals surface area contributed by atoms with E-state index in [1.165, 1.54) is 18.4 Å². The Hall–Kier alpha value is -2.40. The first-order chi connectivity index (χ1) is 13.7. The molecule has 2 aromatic rings. The highest BCUT2D eigenvalue weighted by atomic mass is 35.5. The van der Waals surface area contributed by atoms with Gasteiger partial charge in [-0.15, -0.1) is 12.4 Å². The molecule has 2 aliphatic rings. The van der Waals surface area contributed by atoms with Gasteiger partial charge in [0, 0.05) is 24.1 Å². The van der Waals surface area contributed by atoms with Gasteiger partial charge in [-0.25, -0.2) is 0 Å². The average Bonchev–Trinajstić information content (AvgIpc) is 3.21. The van der Waals surface area contributed by atoms with Crippen molar-refractivity contribution in [3.05, 3.63) is 53.6 Å². The summed E-state index contributed by atoms with van der Waals surface area (Å²) in [5.74, 6) is 1.71. The van der Waals surface area contributed by atoms with E-state index in [4.69, 9.17) is 15.2 Å². The molecule has 1 aliphatic carbocycles. The monoisotopic (exact) mass is 416 g/mol. The number of carbonyl (C=O) groups excluding carboxylic acids is 1. The molecule has 1 aliphatic heterocycles. The fourth-order valence-electron chi connectivity index (χ4n) is 4.36. The fraction of sp³-hybridized carbons (Fsp3) is 0.435. The first-order valence-electron chi connectivity index (χ1n) is 10.2. The molecule has 1 saturated carbocycles. The number of anilines is 1. The van der Waals surface area contributed by atoms with Gasteiger partial charge in [0.25, 0.3) is 0 Å². The summed E-state index contributed by atoms with van der Waals surface area (Å²) in [6.45, 7) is 1.85. The van der Waals surface area contributed by atoms with Crippen molar-refractivity contribution in [2.24, 2.45) is 0 Å². The molecule has 1 heterocycles. The van der Waals surface area contributed by atoms with Crippen molar-refractivity contribution in [3.63, 3.8) is 0 Å². The maximum atomic E-state index is 12.5. The Morgan fingerprint density at radius 1 is 1.03 bits per heavy atom. The summed E-state index contributed by atoms with van der Waals surface area (Å²) in [4.78, 5) is 12.5. The van der Waals surface area contributed by atoms with Crippen LogP contribution in [0.2, 0.25) is 0 Å². The second kappa shape index (κ2) is 9.40. The molecule has 5 nitrogen and oxygen atoms in total. The number of halogens is 1. The normalized spacial score (nSPS) is 16.7. The van der Waals surface area contributed by atoms with Crippen LogP contribution in [-0.4, -0.2) is 25.7 Å². The van der Waals surface area contributed by atoms with Crippen LogP contribution in [-0.2, 0) is 16.6 Å². The highest BCUT2D eigenvalue weighted by Crippen LogP contribution is 2.43. The number of benzene rings is 2. The van der Waals surface area contributed by atoms with E-state index in [2.05, 4.69) is 17.4 Å². The van der Waals surface area contributed by atoms with E-state index in [0.29, 0.717) is 32.6 Å². The minimum absolute atomic E-state index is 0. The number of nitrogens with two attached hydrogens (primary N) is 1. The minimum Gasteiger partial charge on any atom is -0.486 e. The molecule has 0 atom stereocenters. The zero-order valence-corrected chi connectivity index (χ0v) is 17.4. The third-order valence-electron chi connectivity index (χ3n) is 6.02. The zero-order chi connectivity index (χ0) is 19.4. The summed E-state index contributed by atoms with van der Waals surface area (Å²) in [6.07, 6.45) is 5.65. The summed E-state index contributed by atoms with van der Waals surface area (Å²) in [7, 11) is 0. The molecule has 0 radical (unpaired) electrons. The zero-order valence-electron chi connectivity index (χ0n) is 16.6. The molecule has 6 heteroatoms. The maximum Gasteiger partial charge on any atom is 0.220 e. The fourth-order valence-corrected chi connectivity index (χ4v) is 4.36. The van der Waals surface area contributed by atoms with Crippen LogP contribution in [0.3, 0.4) is 0 Å². The highest BCUT2D eigenvalue weighted by Gasteiger charge is 2.36. The van der Waals surface area contributed by atoms with Gasteiger partial charge in [-0.3, -0.25) is 4.79 Å². The van der Waals surface area contributed by atoms with E-state index in [-0.39, 0.29) is 23.7 Å². The lowest BCUT2D eigenvalue weighted by Gasteiger charge is -2.31. The summed E-state index contributed by atoms with van der Waals surface area (Å²) < 4.78 is 11.4. The first kappa shape index (κ1) is 21.3. The lowest BCUT2D eigenvalue weighted by atomic mass is 9.78. The largest absolute Gasteiger partial charge is 0.486 e. The number of nitrogens with one attached hydrogen (secondary N) is 1. The van der Waals surface area contributed by atoms with Crippen molar-refractivity contribution in [2.45, 2.75) is 43.9 Å². The van der Waals surface area contributed by atoms with Gasteiger partial charge < -0.3 is 20.5 Å². The second-order valence-corrected chi connectivity index (χ2v) is 7.82. The van der Waals surface area contributed by atoms with Crippen molar-refractivity contribution < 1.29 is 14.3 Å². The number of aryl methyl sites for hydroxylation is 1. The standard InChI is InChI=1S/C23H28N2O3.ClH/c24-19-6-2-1-5-17(19)7-10-22(26)25-16-23(11-3-4-12-23)18-8-9-20-21(15-18)28-14-13-27-20;/h1-2,5-6,8-9,15H,3-4,7,10-14,16,24H2,(H,25,26);1H. The molecule has 1 fully saturated rings. The van der Waals surface area contributed by atoms with Crippen LogP contribution in [0.4, 0.5) is 5.69 Å². The Balaban J connectivity index is 0.00000240. The lowest BCUT2D eigenvalue weighted by molar-refractivity contribution is -0.121. The number of fused-ring (bicyclic) bond motifs is 1. The number of nitrogen functional groups attached to an aromatic ring is 1. The number of amides is 1. The van der Waals surface area contributed by atoms with Crippen molar-refractivity contribution in [1.82, 2.24) is 5.32 Å². The Labute approximate surface area is 178 Å². The molecule has 1 amide bonds. The molecule has 3 N–H and O–H groups in total. The molecule has 4 rings (SSSR count). The van der Waals surface area contributed by atoms with Crippen molar-refractivity contribution in [2.75, 3.05) is 25.5 Å². The summed E-state index contributed by atoms with van der Waals surface area (Å²) in [6, 6.07) is 14.0. The highest BCUT2D eigenvalue weighted by molar-refractivity contribution is 5.85. The topological polar surface area (TPSA) is 73.6 Å². The second-order valence-electron chi connectivity index (χ2n) is 7.82. The van der Waals surface area contributed by atoms with Crippen molar-refractivity contribution in [3.8, 4) is 11.5 Å². The Morgan fingerprint density at radius 2 is 1.76 bits per heavy atom. The van der Waals surface area contributed by atoms with Gasteiger partial charge in [-0.2, -0.15) is 0 Å². The Bertz CT molecular complexity index is 850. The van der Waals surface area contributed by atoms with Crippen LogP contribution in [0, 0.1) is 0 Å². The van der Waals surface area contributed by atoms with Crippen molar-refractivity contribution >= 4 is 24.0 Å². The lowest BCUT2D eigenvalue weighted by Crippen LogP contribution is -2.39. The number of ether oxygens (including phenoxy) is 2. The summed E-state index contributed by atoms with van der Waals surface area (Å²) in [5.41, 5.74) is 8.98. The molecule has 0 spiro atoms. The molecule has 0 unspecified atom stereocenters. The number of hydrogen-bond acceptors (Lipinski definition) is 4. The van der Waals surface area contributed by atoms with E-state index in [1.807, 2.05) is 30.3 Å². The molecule has 0 bridgehead atoms. The van der Waals surface area contributed by atoms with E-state index in [1.54, 1.807) is 0 Å². The van der Waals surface area contributed by atoms with E-state index in [9.17, 15) is 4.79 Å². The maximum absolute atomic E-state index is 12.5. The number of para-hydroxylation sites is 1. The van der Waals surface area contributed by atoms with Crippen LogP contribution in [0.25, 0.3) is 0 Å². The molecule has 29 heavy (non-hydrogen) atoms. The van der Waals surface area contributed by atoms with Crippen molar-refractivity contribution in [1.29, 1.82) is 0 Å². The van der Waals surface area contributed by atoms with E-state index in [0.717, 1.165) is 35.6 Å². The molecular weight excluding hydrogens is 388 g/mol. The van der Waals surface area contributed by atoms with Crippen LogP contribution < -0.4 is 20.5 Å². The summed E-state index contributed by atoms with van der Waals surface area (Å²) in [5, 5.41) is 3.18. The van der Waals surface area contributed by atoms with Gasteiger partial charge in [0.15, 0.2) is 11.5 Å². The molecule has 0 aromatic heterocycles. The van der Waals surface area contributed by atoms with Gasteiger partial charge in [0.05, 0.1) is 0 Å². The predicted molar refractivity (Wildman–Crippen MR) is 117 cm³/mol. The van der Waals surface area contributed by atoms with Crippen LogP contribution in [0.15, 0.2) is 42.5 Å². The third kappa shape index (κ3) is 4.78. The van der Waals surface area contributed by atoms with Gasteiger partial charge in [0.1, 0.15) is 13.2 Å². The Kier molecular flexibility index (Phi) is 6.91. The predicted octanol–water partition coefficient (Wildman–Crippen LogP) is 4.02. The molecule has 0 saturated heterocycles. The molecule has 156 valence electrons. The smallest absolute Gasteiger partial charge is 0.220 e. The van der Waals surface area contributed by atoms with Gasteiger partial charge >= 0.3 is 0 Å². The van der Waals surface area contributed by atoms with Gasteiger partial charge in [-0.1, -0.05) is 37.1 Å². The first-order valence-corrected chi connectivity index (χ1v) is 10.2. The van der Waals surface area contributed by atoms with E-state index < -0.39 is 0 Å². The van der Waals surface area contributed by atoms with Crippen LogP contribution in [0.5, 0.6) is 11.5 Å². The number of carbonyl (C=O) groups is 1. The SMILES string of the molecule is Cl.Nc1ccccc1CCC(=O)NCC1(c2ccc3c(c2)OCCO3)CCCC1.